The fourth-order valence-electron chi connectivity index (χ4n) is 7.92. The first-order valence-corrected chi connectivity index (χ1v) is 13.4. The van der Waals surface area contributed by atoms with Gasteiger partial charge in [0.15, 0.2) is 6.10 Å². The van der Waals surface area contributed by atoms with Crippen molar-refractivity contribution in [3.63, 3.8) is 0 Å². The molecule has 4 aliphatic rings. The summed E-state index contributed by atoms with van der Waals surface area (Å²) in [4.78, 5) is 49.7. The van der Waals surface area contributed by atoms with Crippen LogP contribution in [-0.4, -0.2) is 61.2 Å². The highest BCUT2D eigenvalue weighted by atomic mass is 16.7. The minimum absolute atomic E-state index is 0.125. The van der Waals surface area contributed by atoms with Gasteiger partial charge in [0.05, 0.1) is 30.7 Å². The molecule has 2 aliphatic carbocycles. The van der Waals surface area contributed by atoms with Gasteiger partial charge >= 0.3 is 23.9 Å². The minimum Gasteiger partial charge on any atom is -0.472 e. The quantitative estimate of drug-likeness (QED) is 0.294. The Balaban J connectivity index is 1.74. The van der Waals surface area contributed by atoms with Gasteiger partial charge in [0.2, 0.25) is 6.29 Å². The SMILES string of the molecule is CC(=O)OC[C@]12[C@H](CCC[C@]13CO3)[C@@]1(C[C@@H](c3ccoc3)O[C@@H]1OC(C)=O)[C@H](C)[C@@H](OC(C)=O)[C@@H]2OC(C)=O. The number of rotatable bonds is 6. The first kappa shape index (κ1) is 27.6. The van der Waals surface area contributed by atoms with E-state index in [1.165, 1.54) is 27.7 Å². The summed E-state index contributed by atoms with van der Waals surface area (Å²) < 4.78 is 41.6. The lowest BCUT2D eigenvalue weighted by molar-refractivity contribution is -0.298. The lowest BCUT2D eigenvalue weighted by Gasteiger charge is -2.64. The van der Waals surface area contributed by atoms with Crippen LogP contribution in [0.4, 0.5) is 0 Å². The summed E-state index contributed by atoms with van der Waals surface area (Å²) in [6.45, 7) is 7.38. The van der Waals surface area contributed by atoms with Crippen LogP contribution in [0.3, 0.4) is 0 Å². The monoisotopic (exact) mass is 548 g/mol. The van der Waals surface area contributed by atoms with Crippen LogP contribution in [-0.2, 0) is 47.6 Å². The molecule has 2 saturated carbocycles. The molecule has 0 bridgehead atoms. The average Bonchev–Trinajstić information content (AvgIpc) is 3.25. The van der Waals surface area contributed by atoms with E-state index in [4.69, 9.17) is 32.8 Å². The Kier molecular flexibility index (Phi) is 7.03. The van der Waals surface area contributed by atoms with Crippen LogP contribution < -0.4 is 0 Å². The summed E-state index contributed by atoms with van der Waals surface area (Å²) >= 11 is 0. The Hall–Kier alpha value is -2.92. The van der Waals surface area contributed by atoms with E-state index in [-0.39, 0.29) is 12.5 Å². The zero-order chi connectivity index (χ0) is 28.2. The zero-order valence-electron chi connectivity index (χ0n) is 22.9. The largest absolute Gasteiger partial charge is 0.472 e. The van der Waals surface area contributed by atoms with Crippen molar-refractivity contribution in [2.45, 2.75) is 90.5 Å². The van der Waals surface area contributed by atoms with Crippen molar-refractivity contribution in [1.82, 2.24) is 0 Å². The second-order valence-electron chi connectivity index (χ2n) is 11.4. The number of ether oxygens (including phenoxy) is 6. The van der Waals surface area contributed by atoms with Crippen LogP contribution in [0.2, 0.25) is 0 Å². The molecule has 9 atom stereocenters. The molecule has 3 heterocycles. The number of carbonyl (C=O) groups excluding carboxylic acids is 4. The van der Waals surface area contributed by atoms with E-state index >= 15 is 0 Å². The molecule has 1 aromatic rings. The van der Waals surface area contributed by atoms with Gasteiger partial charge in [-0.15, -0.1) is 0 Å². The molecule has 0 amide bonds. The smallest absolute Gasteiger partial charge is 0.304 e. The van der Waals surface area contributed by atoms with E-state index in [0.717, 1.165) is 12.0 Å². The average molecular weight is 549 g/mol. The van der Waals surface area contributed by atoms with Crippen molar-refractivity contribution in [2.75, 3.05) is 13.2 Å². The Morgan fingerprint density at radius 3 is 2.26 bits per heavy atom. The molecular formula is C28H36O11. The van der Waals surface area contributed by atoms with E-state index in [9.17, 15) is 19.2 Å². The van der Waals surface area contributed by atoms with E-state index < -0.39 is 70.8 Å². The maximum absolute atomic E-state index is 12.6. The van der Waals surface area contributed by atoms with Gasteiger partial charge in [0.25, 0.3) is 0 Å². The van der Waals surface area contributed by atoms with E-state index in [1.54, 1.807) is 18.6 Å². The lowest BCUT2D eigenvalue weighted by atomic mass is 9.41. The first-order valence-electron chi connectivity index (χ1n) is 13.4. The molecule has 2 spiro atoms. The van der Waals surface area contributed by atoms with Gasteiger partial charge in [0.1, 0.15) is 18.3 Å². The third-order valence-electron chi connectivity index (χ3n) is 9.39. The third kappa shape index (κ3) is 4.34. The maximum atomic E-state index is 12.6. The predicted octanol–water partition coefficient (Wildman–Crippen LogP) is 3.25. The van der Waals surface area contributed by atoms with Crippen molar-refractivity contribution in [3.8, 4) is 0 Å². The van der Waals surface area contributed by atoms with Crippen LogP contribution in [0.5, 0.6) is 0 Å². The highest BCUT2D eigenvalue weighted by Crippen LogP contribution is 2.73. The Bertz CT molecular complexity index is 1120. The highest BCUT2D eigenvalue weighted by Gasteiger charge is 2.81. The highest BCUT2D eigenvalue weighted by molar-refractivity contribution is 5.68. The van der Waals surface area contributed by atoms with Crippen molar-refractivity contribution < 1.29 is 52.0 Å². The van der Waals surface area contributed by atoms with Crippen LogP contribution >= 0.6 is 0 Å². The lowest BCUT2D eigenvalue weighted by Crippen LogP contribution is -2.74. The fourth-order valence-corrected chi connectivity index (χ4v) is 7.92. The summed E-state index contributed by atoms with van der Waals surface area (Å²) in [5.41, 5.74) is -2.02. The number of hydrogen-bond acceptors (Lipinski definition) is 11. The second kappa shape index (κ2) is 9.92. The van der Waals surface area contributed by atoms with E-state index in [1.807, 2.05) is 6.92 Å². The molecule has 0 radical (unpaired) electrons. The minimum atomic E-state index is -1.09. The zero-order valence-corrected chi connectivity index (χ0v) is 22.9. The summed E-state index contributed by atoms with van der Waals surface area (Å²) in [6, 6.07) is 1.80. The van der Waals surface area contributed by atoms with Gasteiger partial charge in [-0.25, -0.2) is 0 Å². The first-order chi connectivity index (χ1) is 18.5. The van der Waals surface area contributed by atoms with Crippen LogP contribution in [0.25, 0.3) is 0 Å². The van der Waals surface area contributed by atoms with Gasteiger partial charge in [0, 0.05) is 44.6 Å². The topological polar surface area (TPSA) is 140 Å². The maximum Gasteiger partial charge on any atom is 0.304 e. The van der Waals surface area contributed by atoms with Crippen LogP contribution in [0.1, 0.15) is 72.0 Å². The Morgan fingerprint density at radius 1 is 1.00 bits per heavy atom. The molecule has 4 fully saturated rings. The number of epoxide rings is 1. The molecule has 11 nitrogen and oxygen atoms in total. The van der Waals surface area contributed by atoms with Crippen molar-refractivity contribution >= 4 is 23.9 Å². The number of furan rings is 1. The van der Waals surface area contributed by atoms with Crippen molar-refractivity contribution in [3.05, 3.63) is 24.2 Å². The normalized spacial score (nSPS) is 40.5. The molecule has 39 heavy (non-hydrogen) atoms. The number of carbonyl (C=O) groups is 4. The summed E-state index contributed by atoms with van der Waals surface area (Å²) in [5, 5.41) is 0. The predicted molar refractivity (Wildman–Crippen MR) is 131 cm³/mol. The number of hydrogen-bond donors (Lipinski definition) is 0. The Labute approximate surface area is 226 Å². The van der Waals surface area contributed by atoms with Gasteiger partial charge in [-0.1, -0.05) is 13.3 Å². The van der Waals surface area contributed by atoms with E-state index in [0.29, 0.717) is 25.9 Å². The molecule has 11 heteroatoms. The van der Waals surface area contributed by atoms with Gasteiger partial charge in [-0.05, 0) is 31.2 Å². The molecular weight excluding hydrogens is 512 g/mol. The van der Waals surface area contributed by atoms with Gasteiger partial charge < -0.3 is 32.8 Å². The molecule has 2 saturated heterocycles. The van der Waals surface area contributed by atoms with Gasteiger partial charge in [-0.3, -0.25) is 19.2 Å². The molecule has 2 aliphatic heterocycles. The second-order valence-corrected chi connectivity index (χ2v) is 11.4. The molecule has 0 aromatic carbocycles. The van der Waals surface area contributed by atoms with Crippen molar-refractivity contribution in [1.29, 1.82) is 0 Å². The van der Waals surface area contributed by atoms with Crippen LogP contribution in [0.15, 0.2) is 23.0 Å². The molecule has 1 aromatic heterocycles. The summed E-state index contributed by atoms with van der Waals surface area (Å²) in [7, 11) is 0. The summed E-state index contributed by atoms with van der Waals surface area (Å²) in [5.74, 6) is -2.98. The number of esters is 4. The number of fused-ring (bicyclic) bond motifs is 3. The standard InChI is InChI=1S/C28H36O11/c1-15-23(36-17(3)30)24(37-18(4)31)28(14-34-16(2)29)22(7-6-9-26(28)13-35-26)27(15)11-21(20-8-10-33-12-20)39-25(27)38-19(5)32/h8,10,12,15,21-25H,6-7,9,11,13-14H2,1-5H3/t15-,21+,22-,23-,24+,25+,26+,27-,28-/m1/s1. The van der Waals surface area contributed by atoms with Crippen molar-refractivity contribution in [2.24, 2.45) is 22.7 Å². The molecule has 214 valence electrons. The molecule has 0 N–H and O–H groups in total. The Morgan fingerprint density at radius 2 is 1.69 bits per heavy atom. The van der Waals surface area contributed by atoms with E-state index in [2.05, 4.69) is 0 Å². The molecule has 0 unspecified atom stereocenters. The summed E-state index contributed by atoms with van der Waals surface area (Å²) in [6.07, 6.45) is 2.18. The third-order valence-corrected chi connectivity index (χ3v) is 9.39. The van der Waals surface area contributed by atoms with Crippen LogP contribution in [0, 0.1) is 22.7 Å². The molecule has 5 rings (SSSR count). The fraction of sp³-hybridized carbons (Fsp3) is 0.714. The van der Waals surface area contributed by atoms with Gasteiger partial charge in [-0.2, -0.15) is 0 Å².